The van der Waals surface area contributed by atoms with E-state index in [1.165, 1.54) is 5.56 Å². The maximum Gasteiger partial charge on any atom is 0.122 e. The van der Waals surface area contributed by atoms with E-state index >= 15 is 0 Å². The fraction of sp³-hybridized carbons (Fsp3) is 0.455. The van der Waals surface area contributed by atoms with Gasteiger partial charge in [-0.05, 0) is 29.9 Å². The molecule has 0 radical (unpaired) electrons. The lowest BCUT2D eigenvalue weighted by Crippen LogP contribution is -1.92. The Kier molecular flexibility index (Phi) is 2.23. The van der Waals surface area contributed by atoms with Crippen LogP contribution in [-0.4, -0.2) is 18.8 Å². The highest BCUT2D eigenvalue weighted by molar-refractivity contribution is 5.39. The lowest BCUT2D eigenvalue weighted by atomic mass is 10.1. The van der Waals surface area contributed by atoms with Crippen molar-refractivity contribution in [3.63, 3.8) is 0 Å². The van der Waals surface area contributed by atoms with Crippen molar-refractivity contribution in [1.82, 2.24) is 0 Å². The fourth-order valence-corrected chi connectivity index (χ4v) is 1.80. The lowest BCUT2D eigenvalue weighted by molar-refractivity contribution is 0.273. The third-order valence-corrected chi connectivity index (χ3v) is 2.70. The van der Waals surface area contributed by atoms with Gasteiger partial charge in [0.2, 0.25) is 0 Å². The number of para-hydroxylation sites is 1. The van der Waals surface area contributed by atoms with Crippen LogP contribution in [0, 0.1) is 5.92 Å². The number of ether oxygens (including phenoxy) is 1. The minimum Gasteiger partial charge on any atom is -0.496 e. The highest BCUT2D eigenvalue weighted by atomic mass is 16.5. The highest BCUT2D eigenvalue weighted by Gasteiger charge is 2.39. The van der Waals surface area contributed by atoms with Gasteiger partial charge in [0, 0.05) is 6.61 Å². The molecule has 0 aromatic heterocycles. The molecule has 2 atom stereocenters. The second-order valence-corrected chi connectivity index (χ2v) is 3.53. The maximum absolute atomic E-state index is 8.96. The van der Waals surface area contributed by atoms with Crippen molar-refractivity contribution < 1.29 is 9.84 Å². The minimum absolute atomic E-state index is 0.294. The molecule has 2 heteroatoms. The molecule has 1 aromatic carbocycles. The molecule has 1 N–H and O–H groups in total. The Morgan fingerprint density at radius 2 is 2.23 bits per heavy atom. The van der Waals surface area contributed by atoms with Crippen molar-refractivity contribution >= 4 is 0 Å². The number of hydrogen-bond acceptors (Lipinski definition) is 2. The molecule has 1 fully saturated rings. The summed E-state index contributed by atoms with van der Waals surface area (Å²) in [4.78, 5) is 0. The molecule has 70 valence electrons. The van der Waals surface area contributed by atoms with Crippen molar-refractivity contribution in [1.29, 1.82) is 0 Å². The SMILES string of the molecule is COc1ccccc1[C@H]1C[C@H]1CO. The summed E-state index contributed by atoms with van der Waals surface area (Å²) in [6.45, 7) is 0.294. The topological polar surface area (TPSA) is 29.5 Å². The molecule has 1 saturated carbocycles. The number of methoxy groups -OCH3 is 1. The van der Waals surface area contributed by atoms with E-state index in [4.69, 9.17) is 9.84 Å². The van der Waals surface area contributed by atoms with Gasteiger partial charge in [0.1, 0.15) is 5.75 Å². The first-order valence-electron chi connectivity index (χ1n) is 4.60. The van der Waals surface area contributed by atoms with Gasteiger partial charge in [-0.3, -0.25) is 0 Å². The van der Waals surface area contributed by atoms with Crippen molar-refractivity contribution in [3.05, 3.63) is 29.8 Å². The summed E-state index contributed by atoms with van der Waals surface area (Å²) in [6.07, 6.45) is 1.09. The van der Waals surface area contributed by atoms with E-state index in [2.05, 4.69) is 6.07 Å². The summed E-state index contributed by atoms with van der Waals surface area (Å²) in [6, 6.07) is 8.05. The first-order valence-corrected chi connectivity index (χ1v) is 4.60. The van der Waals surface area contributed by atoms with Crippen LogP contribution < -0.4 is 4.74 Å². The number of hydrogen-bond donors (Lipinski definition) is 1. The number of rotatable bonds is 3. The molecule has 2 nitrogen and oxygen atoms in total. The number of benzene rings is 1. The fourth-order valence-electron chi connectivity index (χ4n) is 1.80. The molecule has 0 amide bonds. The van der Waals surface area contributed by atoms with E-state index in [9.17, 15) is 0 Å². The van der Waals surface area contributed by atoms with Gasteiger partial charge in [-0.2, -0.15) is 0 Å². The average Bonchev–Trinajstić information content (AvgIpc) is 2.96. The van der Waals surface area contributed by atoms with Crippen LogP contribution in [0.15, 0.2) is 24.3 Å². The molecule has 2 rings (SSSR count). The standard InChI is InChI=1S/C11H14O2/c1-13-11-5-3-2-4-9(11)10-6-8(10)7-12/h2-5,8,10,12H,6-7H2,1H3/t8-,10-/m0/s1. The van der Waals surface area contributed by atoms with Crippen molar-refractivity contribution in [2.75, 3.05) is 13.7 Å². The Bertz CT molecular complexity index is 296. The smallest absolute Gasteiger partial charge is 0.122 e. The molecule has 0 heterocycles. The summed E-state index contributed by atoms with van der Waals surface area (Å²) in [7, 11) is 1.69. The molecular weight excluding hydrogens is 164 g/mol. The third-order valence-electron chi connectivity index (χ3n) is 2.70. The van der Waals surface area contributed by atoms with Crippen LogP contribution in [-0.2, 0) is 0 Å². The molecule has 0 unspecified atom stereocenters. The summed E-state index contributed by atoms with van der Waals surface area (Å²) < 4.78 is 5.26. The van der Waals surface area contributed by atoms with Gasteiger partial charge in [-0.1, -0.05) is 18.2 Å². The number of aliphatic hydroxyl groups excluding tert-OH is 1. The van der Waals surface area contributed by atoms with Gasteiger partial charge in [0.15, 0.2) is 0 Å². The predicted octanol–water partition coefficient (Wildman–Crippen LogP) is 1.79. The third kappa shape index (κ3) is 1.54. The van der Waals surface area contributed by atoms with E-state index in [1.807, 2.05) is 18.2 Å². The average molecular weight is 178 g/mol. The Morgan fingerprint density at radius 3 is 2.85 bits per heavy atom. The molecule has 1 aromatic rings. The zero-order chi connectivity index (χ0) is 9.26. The Balaban J connectivity index is 2.20. The molecule has 1 aliphatic rings. The predicted molar refractivity (Wildman–Crippen MR) is 50.9 cm³/mol. The Labute approximate surface area is 78.2 Å². The second-order valence-electron chi connectivity index (χ2n) is 3.53. The largest absolute Gasteiger partial charge is 0.496 e. The summed E-state index contributed by atoms with van der Waals surface area (Å²) in [5, 5.41) is 8.96. The van der Waals surface area contributed by atoms with Crippen LogP contribution in [0.2, 0.25) is 0 Å². The van der Waals surface area contributed by atoms with Gasteiger partial charge in [-0.25, -0.2) is 0 Å². The zero-order valence-corrected chi connectivity index (χ0v) is 7.73. The summed E-state index contributed by atoms with van der Waals surface area (Å²) in [5.74, 6) is 1.92. The van der Waals surface area contributed by atoms with Crippen LogP contribution in [0.4, 0.5) is 0 Å². The van der Waals surface area contributed by atoms with Gasteiger partial charge < -0.3 is 9.84 Å². The quantitative estimate of drug-likeness (QED) is 0.764. The molecular formula is C11H14O2. The van der Waals surface area contributed by atoms with E-state index in [0.717, 1.165) is 12.2 Å². The normalized spacial score (nSPS) is 25.7. The van der Waals surface area contributed by atoms with Crippen molar-refractivity contribution in [3.8, 4) is 5.75 Å². The van der Waals surface area contributed by atoms with E-state index in [1.54, 1.807) is 7.11 Å². The molecule has 0 aliphatic heterocycles. The van der Waals surface area contributed by atoms with E-state index in [-0.39, 0.29) is 0 Å². The molecule has 0 bridgehead atoms. The van der Waals surface area contributed by atoms with Crippen LogP contribution in [0.1, 0.15) is 17.9 Å². The van der Waals surface area contributed by atoms with Crippen LogP contribution in [0.25, 0.3) is 0 Å². The van der Waals surface area contributed by atoms with Gasteiger partial charge in [0.05, 0.1) is 7.11 Å². The minimum atomic E-state index is 0.294. The summed E-state index contributed by atoms with van der Waals surface area (Å²) in [5.41, 5.74) is 1.24. The Morgan fingerprint density at radius 1 is 1.46 bits per heavy atom. The molecule has 0 spiro atoms. The van der Waals surface area contributed by atoms with Gasteiger partial charge >= 0.3 is 0 Å². The van der Waals surface area contributed by atoms with E-state index < -0.39 is 0 Å². The van der Waals surface area contributed by atoms with Gasteiger partial charge in [0.25, 0.3) is 0 Å². The van der Waals surface area contributed by atoms with Crippen LogP contribution in [0.3, 0.4) is 0 Å². The monoisotopic (exact) mass is 178 g/mol. The highest BCUT2D eigenvalue weighted by Crippen LogP contribution is 2.49. The first kappa shape index (κ1) is 8.57. The summed E-state index contributed by atoms with van der Waals surface area (Å²) >= 11 is 0. The lowest BCUT2D eigenvalue weighted by Gasteiger charge is -2.06. The maximum atomic E-state index is 8.96. The van der Waals surface area contributed by atoms with Crippen LogP contribution >= 0.6 is 0 Å². The van der Waals surface area contributed by atoms with Crippen LogP contribution in [0.5, 0.6) is 5.75 Å². The zero-order valence-electron chi connectivity index (χ0n) is 7.73. The first-order chi connectivity index (χ1) is 6.36. The molecule has 1 aliphatic carbocycles. The van der Waals surface area contributed by atoms with Crippen molar-refractivity contribution in [2.24, 2.45) is 5.92 Å². The van der Waals surface area contributed by atoms with E-state index in [0.29, 0.717) is 18.4 Å². The molecule has 0 saturated heterocycles. The second kappa shape index (κ2) is 3.38. The molecule has 13 heavy (non-hydrogen) atoms. The van der Waals surface area contributed by atoms with Gasteiger partial charge in [-0.15, -0.1) is 0 Å². The van der Waals surface area contributed by atoms with Crippen molar-refractivity contribution in [2.45, 2.75) is 12.3 Å². The number of aliphatic hydroxyl groups is 1. The Hall–Kier alpha value is -1.02.